The van der Waals surface area contributed by atoms with E-state index in [1.807, 2.05) is 30.3 Å². The van der Waals surface area contributed by atoms with Gasteiger partial charge >= 0.3 is 0 Å². The zero-order chi connectivity index (χ0) is 17.6. The first-order chi connectivity index (χ1) is 12.2. The van der Waals surface area contributed by atoms with Gasteiger partial charge in [-0.3, -0.25) is 0 Å². The van der Waals surface area contributed by atoms with Crippen LogP contribution in [-0.4, -0.2) is 27.4 Å². The number of aromatic nitrogens is 4. The zero-order valence-electron chi connectivity index (χ0n) is 14.1. The second kappa shape index (κ2) is 7.52. The molecule has 0 aliphatic rings. The Kier molecular flexibility index (Phi) is 4.98. The number of nitrogen functional groups attached to an aromatic ring is 1. The van der Waals surface area contributed by atoms with Crippen LogP contribution in [-0.2, 0) is 13.2 Å². The van der Waals surface area contributed by atoms with E-state index in [0.717, 1.165) is 11.1 Å². The SMILES string of the molecule is COc1cc(CNn2nnnc2N)ccc1OCc1cccc(C)c1. The normalized spacial score (nSPS) is 10.5. The summed E-state index contributed by atoms with van der Waals surface area (Å²) < 4.78 is 11.3. The van der Waals surface area contributed by atoms with Crippen molar-refractivity contribution in [3.8, 4) is 11.5 Å². The molecule has 3 rings (SSSR count). The molecule has 8 heteroatoms. The lowest BCUT2D eigenvalue weighted by atomic mass is 10.1. The molecule has 0 saturated heterocycles. The summed E-state index contributed by atoms with van der Waals surface area (Å²) in [4.78, 5) is 1.31. The molecule has 0 atom stereocenters. The number of hydrogen-bond donors (Lipinski definition) is 2. The van der Waals surface area contributed by atoms with Gasteiger partial charge in [-0.25, -0.2) is 0 Å². The summed E-state index contributed by atoms with van der Waals surface area (Å²) in [6, 6.07) is 13.9. The average Bonchev–Trinajstić information content (AvgIpc) is 3.03. The molecule has 25 heavy (non-hydrogen) atoms. The highest BCUT2D eigenvalue weighted by molar-refractivity contribution is 5.43. The Balaban J connectivity index is 1.65. The third kappa shape index (κ3) is 4.17. The number of ether oxygens (including phenoxy) is 2. The number of benzene rings is 2. The summed E-state index contributed by atoms with van der Waals surface area (Å²) in [5.41, 5.74) is 11.9. The Morgan fingerprint density at radius 3 is 2.72 bits per heavy atom. The maximum atomic E-state index is 5.89. The zero-order valence-corrected chi connectivity index (χ0v) is 14.1. The number of rotatable bonds is 7. The van der Waals surface area contributed by atoms with Crippen LogP contribution >= 0.6 is 0 Å². The number of tetrazole rings is 1. The van der Waals surface area contributed by atoms with E-state index in [1.165, 1.54) is 10.4 Å². The summed E-state index contributed by atoms with van der Waals surface area (Å²) in [7, 11) is 1.62. The molecule has 1 heterocycles. The van der Waals surface area contributed by atoms with Gasteiger partial charge in [0.05, 0.1) is 13.7 Å². The van der Waals surface area contributed by atoms with E-state index in [0.29, 0.717) is 24.7 Å². The Labute approximate surface area is 145 Å². The lowest BCUT2D eigenvalue weighted by Gasteiger charge is -2.13. The first-order valence-electron chi connectivity index (χ1n) is 7.78. The fourth-order valence-electron chi connectivity index (χ4n) is 2.38. The Bertz CT molecular complexity index is 849. The highest BCUT2D eigenvalue weighted by Gasteiger charge is 2.07. The molecular formula is C17H20N6O2. The Morgan fingerprint density at radius 2 is 2.00 bits per heavy atom. The number of anilines is 1. The smallest absolute Gasteiger partial charge is 0.260 e. The van der Waals surface area contributed by atoms with Crippen LogP contribution in [0.3, 0.4) is 0 Å². The molecule has 130 valence electrons. The van der Waals surface area contributed by atoms with Crippen LogP contribution in [0.2, 0.25) is 0 Å². The number of nitrogens with one attached hydrogen (secondary N) is 1. The third-order valence-electron chi connectivity index (χ3n) is 3.63. The summed E-state index contributed by atoms with van der Waals surface area (Å²) in [6.07, 6.45) is 0. The maximum absolute atomic E-state index is 5.89. The van der Waals surface area contributed by atoms with Crippen molar-refractivity contribution in [2.24, 2.45) is 0 Å². The molecule has 3 aromatic rings. The van der Waals surface area contributed by atoms with Crippen LogP contribution in [0.1, 0.15) is 16.7 Å². The van der Waals surface area contributed by atoms with Gasteiger partial charge in [-0.05, 0) is 40.6 Å². The second-order valence-electron chi connectivity index (χ2n) is 5.55. The lowest BCUT2D eigenvalue weighted by molar-refractivity contribution is 0.284. The minimum Gasteiger partial charge on any atom is -0.493 e. The predicted octanol–water partition coefficient (Wildman–Crippen LogP) is 1.90. The van der Waals surface area contributed by atoms with E-state index < -0.39 is 0 Å². The van der Waals surface area contributed by atoms with E-state index in [1.54, 1.807) is 7.11 Å². The molecule has 3 N–H and O–H groups in total. The predicted molar refractivity (Wildman–Crippen MR) is 93.8 cm³/mol. The van der Waals surface area contributed by atoms with Crippen molar-refractivity contribution in [3.05, 3.63) is 59.2 Å². The number of nitrogens with two attached hydrogens (primary N) is 1. The van der Waals surface area contributed by atoms with Crippen molar-refractivity contribution in [1.82, 2.24) is 20.3 Å². The minimum absolute atomic E-state index is 0.199. The molecule has 0 aliphatic heterocycles. The van der Waals surface area contributed by atoms with Crippen LogP contribution < -0.4 is 20.6 Å². The fourth-order valence-corrected chi connectivity index (χ4v) is 2.38. The van der Waals surface area contributed by atoms with Gasteiger partial charge < -0.3 is 20.6 Å². The molecule has 2 aromatic carbocycles. The van der Waals surface area contributed by atoms with Crippen molar-refractivity contribution in [1.29, 1.82) is 0 Å². The van der Waals surface area contributed by atoms with Crippen molar-refractivity contribution in [3.63, 3.8) is 0 Å². The van der Waals surface area contributed by atoms with Gasteiger partial charge in [-0.15, -0.1) is 4.79 Å². The Hall–Kier alpha value is -3.29. The molecular weight excluding hydrogens is 320 g/mol. The Morgan fingerprint density at radius 1 is 1.12 bits per heavy atom. The van der Waals surface area contributed by atoms with Crippen molar-refractivity contribution in [2.45, 2.75) is 20.1 Å². The van der Waals surface area contributed by atoms with Gasteiger partial charge in [0.2, 0.25) is 0 Å². The third-order valence-corrected chi connectivity index (χ3v) is 3.63. The number of nitrogens with zero attached hydrogens (tertiary/aromatic N) is 4. The quantitative estimate of drug-likeness (QED) is 0.677. The number of hydrogen-bond acceptors (Lipinski definition) is 7. The van der Waals surface area contributed by atoms with Gasteiger partial charge in [0.1, 0.15) is 6.61 Å². The van der Waals surface area contributed by atoms with Crippen molar-refractivity contribution >= 4 is 5.95 Å². The number of methoxy groups -OCH3 is 1. The van der Waals surface area contributed by atoms with Gasteiger partial charge in [-0.2, -0.15) is 0 Å². The molecule has 8 nitrogen and oxygen atoms in total. The van der Waals surface area contributed by atoms with Crippen molar-refractivity contribution in [2.75, 3.05) is 18.3 Å². The molecule has 0 radical (unpaired) electrons. The van der Waals surface area contributed by atoms with E-state index in [4.69, 9.17) is 15.2 Å². The molecule has 1 aromatic heterocycles. The summed E-state index contributed by atoms with van der Waals surface area (Å²) >= 11 is 0. The van der Waals surface area contributed by atoms with Gasteiger partial charge in [0.15, 0.2) is 11.5 Å². The molecule has 0 saturated carbocycles. The highest BCUT2D eigenvalue weighted by atomic mass is 16.5. The van der Waals surface area contributed by atoms with E-state index in [-0.39, 0.29) is 5.95 Å². The fraction of sp³-hybridized carbons (Fsp3) is 0.235. The summed E-state index contributed by atoms with van der Waals surface area (Å²) in [6.45, 7) is 3.03. The van der Waals surface area contributed by atoms with Crippen molar-refractivity contribution < 1.29 is 9.47 Å². The first-order valence-corrected chi connectivity index (χ1v) is 7.78. The topological polar surface area (TPSA) is 100 Å². The standard InChI is InChI=1S/C17H20N6O2/c1-12-4-3-5-14(8-12)11-25-15-7-6-13(9-16(15)24-2)10-19-23-17(18)20-21-22-23/h3-9,19H,10-11H2,1-2H3,(H2,18,20,22). The monoisotopic (exact) mass is 340 g/mol. The largest absolute Gasteiger partial charge is 0.493 e. The molecule has 0 unspecified atom stereocenters. The van der Waals surface area contributed by atoms with Crippen LogP contribution in [0.5, 0.6) is 11.5 Å². The second-order valence-corrected chi connectivity index (χ2v) is 5.55. The average molecular weight is 340 g/mol. The van der Waals surface area contributed by atoms with Crippen LogP contribution in [0.4, 0.5) is 5.95 Å². The van der Waals surface area contributed by atoms with Crippen LogP contribution in [0, 0.1) is 6.92 Å². The van der Waals surface area contributed by atoms with E-state index >= 15 is 0 Å². The van der Waals surface area contributed by atoms with Crippen LogP contribution in [0.25, 0.3) is 0 Å². The summed E-state index contributed by atoms with van der Waals surface area (Å²) in [5, 5.41) is 10.8. The van der Waals surface area contributed by atoms with Crippen LogP contribution in [0.15, 0.2) is 42.5 Å². The van der Waals surface area contributed by atoms with Gasteiger partial charge in [0, 0.05) is 0 Å². The van der Waals surface area contributed by atoms with Gasteiger partial charge in [-0.1, -0.05) is 41.0 Å². The molecule has 0 fully saturated rings. The minimum atomic E-state index is 0.199. The molecule has 0 aliphatic carbocycles. The summed E-state index contributed by atoms with van der Waals surface area (Å²) in [5.74, 6) is 1.55. The number of aryl methyl sites for hydroxylation is 1. The lowest BCUT2D eigenvalue weighted by Crippen LogP contribution is -2.18. The highest BCUT2D eigenvalue weighted by Crippen LogP contribution is 2.29. The van der Waals surface area contributed by atoms with E-state index in [2.05, 4.69) is 40.0 Å². The molecule has 0 spiro atoms. The van der Waals surface area contributed by atoms with E-state index in [9.17, 15) is 0 Å². The molecule has 0 bridgehead atoms. The maximum Gasteiger partial charge on any atom is 0.260 e. The van der Waals surface area contributed by atoms with Gasteiger partial charge in [0.25, 0.3) is 5.95 Å². The molecule has 0 amide bonds. The first kappa shape index (κ1) is 16.6.